The van der Waals surface area contributed by atoms with Gasteiger partial charge >= 0.3 is 5.97 Å². The number of hydrogen-bond acceptors (Lipinski definition) is 2. The monoisotopic (exact) mass is 373 g/mol. The number of halogens is 2. The highest BCUT2D eigenvalue weighted by Gasteiger charge is 2.42. The quantitative estimate of drug-likeness (QED) is 0.844. The zero-order valence-electron chi connectivity index (χ0n) is 11.7. The van der Waals surface area contributed by atoms with Crippen LogP contribution in [0.1, 0.15) is 43.0 Å². The van der Waals surface area contributed by atoms with Crippen LogP contribution >= 0.6 is 27.5 Å². The van der Waals surface area contributed by atoms with E-state index < -0.39 is 17.4 Å². The zero-order chi connectivity index (χ0) is 15.6. The molecule has 0 heterocycles. The van der Waals surface area contributed by atoms with Crippen molar-refractivity contribution in [1.82, 2.24) is 5.32 Å². The average molecular weight is 375 g/mol. The number of hydrogen-bond donors (Lipinski definition) is 2. The van der Waals surface area contributed by atoms with Crippen LogP contribution in [0, 0.1) is 5.92 Å². The van der Waals surface area contributed by atoms with Gasteiger partial charge in [-0.3, -0.25) is 9.59 Å². The van der Waals surface area contributed by atoms with E-state index in [0.29, 0.717) is 27.9 Å². The third-order valence-electron chi connectivity index (χ3n) is 4.08. The molecule has 1 amide bonds. The highest BCUT2D eigenvalue weighted by Crippen LogP contribution is 2.34. The smallest absolute Gasteiger partial charge is 0.308 e. The molecule has 0 spiro atoms. The predicted molar refractivity (Wildman–Crippen MR) is 84.6 cm³/mol. The van der Waals surface area contributed by atoms with Gasteiger partial charge < -0.3 is 10.4 Å². The SMILES string of the molecule is CC1(NC(=O)c2cc(Cl)ccc2Br)CCCCC1C(=O)O. The van der Waals surface area contributed by atoms with Gasteiger partial charge in [0.2, 0.25) is 0 Å². The molecular formula is C15H17BrClNO3. The fraction of sp³-hybridized carbons (Fsp3) is 0.467. The van der Waals surface area contributed by atoms with Crippen molar-refractivity contribution in [1.29, 1.82) is 0 Å². The van der Waals surface area contributed by atoms with E-state index in [2.05, 4.69) is 21.2 Å². The summed E-state index contributed by atoms with van der Waals surface area (Å²) in [5.74, 6) is -1.73. The van der Waals surface area contributed by atoms with Crippen molar-refractivity contribution in [2.45, 2.75) is 38.1 Å². The minimum atomic E-state index is -0.859. The van der Waals surface area contributed by atoms with E-state index in [-0.39, 0.29) is 5.91 Å². The summed E-state index contributed by atoms with van der Waals surface area (Å²) in [7, 11) is 0. The second kappa shape index (κ2) is 6.36. The first-order valence-electron chi connectivity index (χ1n) is 6.84. The highest BCUT2D eigenvalue weighted by molar-refractivity contribution is 9.10. The van der Waals surface area contributed by atoms with Crippen molar-refractivity contribution in [3.63, 3.8) is 0 Å². The van der Waals surface area contributed by atoms with Crippen LogP contribution in [-0.4, -0.2) is 22.5 Å². The Labute approximate surface area is 137 Å². The molecule has 0 saturated heterocycles. The number of rotatable bonds is 3. The zero-order valence-corrected chi connectivity index (χ0v) is 14.0. The second-order valence-electron chi connectivity index (χ2n) is 5.63. The molecule has 114 valence electrons. The van der Waals surface area contributed by atoms with E-state index in [1.807, 2.05) is 0 Å². The van der Waals surface area contributed by atoms with Gasteiger partial charge in [-0.1, -0.05) is 24.4 Å². The molecule has 0 aromatic heterocycles. The normalized spacial score (nSPS) is 25.4. The molecule has 2 atom stereocenters. The largest absolute Gasteiger partial charge is 0.481 e. The molecule has 0 aliphatic heterocycles. The van der Waals surface area contributed by atoms with E-state index in [9.17, 15) is 14.7 Å². The van der Waals surface area contributed by atoms with Gasteiger partial charge in [-0.2, -0.15) is 0 Å². The van der Waals surface area contributed by atoms with Gasteiger partial charge in [-0.05, 0) is 53.9 Å². The fourth-order valence-corrected chi connectivity index (χ4v) is 3.48. The first-order valence-corrected chi connectivity index (χ1v) is 8.01. The third kappa shape index (κ3) is 3.58. The molecule has 1 aliphatic carbocycles. The summed E-state index contributed by atoms with van der Waals surface area (Å²) >= 11 is 9.24. The summed E-state index contributed by atoms with van der Waals surface area (Å²) in [6.07, 6.45) is 3.04. The van der Waals surface area contributed by atoms with Crippen molar-refractivity contribution < 1.29 is 14.7 Å². The number of carboxylic acids is 1. The lowest BCUT2D eigenvalue weighted by Gasteiger charge is -2.39. The standard InChI is InChI=1S/C15H17BrClNO3/c1-15(7-3-2-4-11(15)14(20)21)18-13(19)10-8-9(17)5-6-12(10)16/h5-6,8,11H,2-4,7H2,1H3,(H,18,19)(H,20,21). The lowest BCUT2D eigenvalue weighted by molar-refractivity contribution is -0.145. The Bertz CT molecular complexity index is 578. The van der Waals surface area contributed by atoms with Crippen LogP contribution in [-0.2, 0) is 4.79 Å². The molecule has 6 heteroatoms. The number of carbonyl (C=O) groups excluding carboxylic acids is 1. The van der Waals surface area contributed by atoms with Gasteiger partial charge in [0.25, 0.3) is 5.91 Å². The molecule has 2 N–H and O–H groups in total. The van der Waals surface area contributed by atoms with Gasteiger partial charge in [0.15, 0.2) is 0 Å². The van der Waals surface area contributed by atoms with E-state index in [0.717, 1.165) is 12.8 Å². The Morgan fingerprint density at radius 3 is 2.81 bits per heavy atom. The first kappa shape index (κ1) is 16.3. The van der Waals surface area contributed by atoms with Gasteiger partial charge in [0, 0.05) is 9.50 Å². The Morgan fingerprint density at radius 2 is 2.14 bits per heavy atom. The summed E-state index contributed by atoms with van der Waals surface area (Å²) in [6, 6.07) is 4.96. The fourth-order valence-electron chi connectivity index (χ4n) is 2.88. The van der Waals surface area contributed by atoms with Gasteiger partial charge in [0.05, 0.1) is 17.0 Å². The molecule has 0 radical (unpaired) electrons. The molecule has 1 saturated carbocycles. The van der Waals surface area contributed by atoms with Crippen molar-refractivity contribution in [2.24, 2.45) is 5.92 Å². The van der Waals surface area contributed by atoms with E-state index in [4.69, 9.17) is 11.6 Å². The molecule has 1 aliphatic rings. The summed E-state index contributed by atoms with van der Waals surface area (Å²) in [6.45, 7) is 1.81. The first-order chi connectivity index (χ1) is 9.83. The number of carbonyl (C=O) groups is 2. The van der Waals surface area contributed by atoms with Crippen molar-refractivity contribution in [2.75, 3.05) is 0 Å². The van der Waals surface area contributed by atoms with Gasteiger partial charge in [-0.15, -0.1) is 0 Å². The molecule has 21 heavy (non-hydrogen) atoms. The van der Waals surface area contributed by atoms with Crippen LogP contribution in [0.15, 0.2) is 22.7 Å². The number of benzene rings is 1. The Morgan fingerprint density at radius 1 is 1.43 bits per heavy atom. The number of aliphatic carboxylic acids is 1. The number of nitrogens with one attached hydrogen (secondary N) is 1. The third-order valence-corrected chi connectivity index (χ3v) is 5.00. The lowest BCUT2D eigenvalue weighted by Crippen LogP contribution is -2.55. The van der Waals surface area contributed by atoms with Crippen molar-refractivity contribution in [3.8, 4) is 0 Å². The van der Waals surface area contributed by atoms with Crippen molar-refractivity contribution in [3.05, 3.63) is 33.3 Å². The number of carboxylic acid groups (broad SMARTS) is 1. The summed E-state index contributed by atoms with van der Waals surface area (Å²) in [5.41, 5.74) is -0.318. The average Bonchev–Trinajstić information content (AvgIpc) is 2.41. The molecule has 1 fully saturated rings. The predicted octanol–water partition coefficient (Wildman–Crippen LogP) is 3.87. The van der Waals surface area contributed by atoms with Gasteiger partial charge in [0.1, 0.15) is 0 Å². The summed E-state index contributed by atoms with van der Waals surface area (Å²) in [4.78, 5) is 23.9. The molecule has 2 unspecified atom stereocenters. The second-order valence-corrected chi connectivity index (χ2v) is 6.92. The molecule has 1 aromatic rings. The van der Waals surface area contributed by atoms with Crippen LogP contribution in [0.25, 0.3) is 0 Å². The van der Waals surface area contributed by atoms with Crippen molar-refractivity contribution >= 4 is 39.4 Å². The van der Waals surface area contributed by atoms with Crippen LogP contribution in [0.5, 0.6) is 0 Å². The molecule has 1 aromatic carbocycles. The van der Waals surface area contributed by atoms with Crippen LogP contribution < -0.4 is 5.32 Å². The molecular weight excluding hydrogens is 358 g/mol. The summed E-state index contributed by atoms with van der Waals surface area (Å²) < 4.78 is 0.635. The summed E-state index contributed by atoms with van der Waals surface area (Å²) in [5, 5.41) is 12.7. The van der Waals surface area contributed by atoms with Gasteiger partial charge in [-0.25, -0.2) is 0 Å². The molecule has 4 nitrogen and oxygen atoms in total. The Balaban J connectivity index is 2.24. The minimum absolute atomic E-state index is 0.306. The maximum atomic E-state index is 12.5. The maximum Gasteiger partial charge on any atom is 0.308 e. The molecule has 0 bridgehead atoms. The van der Waals surface area contributed by atoms with Crippen LogP contribution in [0.4, 0.5) is 0 Å². The topological polar surface area (TPSA) is 66.4 Å². The van der Waals surface area contributed by atoms with Crippen LogP contribution in [0.2, 0.25) is 5.02 Å². The van der Waals surface area contributed by atoms with E-state index >= 15 is 0 Å². The highest BCUT2D eigenvalue weighted by atomic mass is 79.9. The van der Waals surface area contributed by atoms with E-state index in [1.54, 1.807) is 25.1 Å². The number of amides is 1. The van der Waals surface area contributed by atoms with Crippen LogP contribution in [0.3, 0.4) is 0 Å². The van der Waals surface area contributed by atoms with E-state index in [1.165, 1.54) is 0 Å². The minimum Gasteiger partial charge on any atom is -0.481 e. The Kier molecular flexibility index (Phi) is 4.94. The molecule has 2 rings (SSSR count). The maximum absolute atomic E-state index is 12.5. The Hall–Kier alpha value is -1.07. The lowest BCUT2D eigenvalue weighted by atomic mass is 9.73.